The van der Waals surface area contributed by atoms with E-state index in [2.05, 4.69) is 9.47 Å². The fourth-order valence-corrected chi connectivity index (χ4v) is 4.08. The molecule has 0 bridgehead atoms. The second-order valence-corrected chi connectivity index (χ2v) is 10.4. The summed E-state index contributed by atoms with van der Waals surface area (Å²) in [6.45, 7) is -4.14. The predicted octanol–water partition coefficient (Wildman–Crippen LogP) is 6.60. The summed E-state index contributed by atoms with van der Waals surface area (Å²) in [5.41, 5.74) is 0. The lowest BCUT2D eigenvalue weighted by Gasteiger charge is -2.32. The molecule has 0 aliphatic carbocycles. The van der Waals surface area contributed by atoms with Crippen molar-refractivity contribution in [2.24, 2.45) is 0 Å². The molecule has 0 fully saturated rings. The Hall–Kier alpha value is -0.940. The summed E-state index contributed by atoms with van der Waals surface area (Å²) in [6.07, 6.45) is -42.7. The van der Waals surface area contributed by atoms with Crippen LogP contribution < -0.4 is 0 Å². The van der Waals surface area contributed by atoms with Crippen LogP contribution in [0.15, 0.2) is 0 Å². The summed E-state index contributed by atoms with van der Waals surface area (Å²) in [5, 5.41) is 6.63. The third-order valence-corrected chi connectivity index (χ3v) is 6.75. The number of hydrogen-bond acceptors (Lipinski definition) is 8. The zero-order chi connectivity index (χ0) is 36.8. The smallest absolute Gasteiger partial charge is 0.394 e. The Balaban J connectivity index is 5.91. The van der Waals surface area contributed by atoms with Gasteiger partial charge in [0.2, 0.25) is 0 Å². The third kappa shape index (κ3) is 11.6. The summed E-state index contributed by atoms with van der Waals surface area (Å²) in [5.74, 6) is -17.8. The highest BCUT2D eigenvalue weighted by Crippen LogP contribution is 2.51. The molecular weight excluding hydrogens is 756 g/mol. The molecule has 0 radical (unpaired) electrons. The van der Waals surface area contributed by atoms with Crippen LogP contribution in [0.5, 0.6) is 0 Å². The fraction of sp³-hybridized carbons (Fsp3) is 1.00. The lowest BCUT2D eigenvalue weighted by molar-refractivity contribution is -0.446. The normalized spacial score (nSPS) is 17.6. The molecule has 28 heteroatoms. The number of hydrogen-bond donors (Lipinski definition) is 2. The van der Waals surface area contributed by atoms with E-state index < -0.39 is 133 Å². The van der Waals surface area contributed by atoms with Crippen molar-refractivity contribution in [3.8, 4) is 0 Å². The molecule has 0 aromatic heterocycles. The molecule has 0 saturated heterocycles. The van der Waals surface area contributed by atoms with Gasteiger partial charge < -0.3 is 19.7 Å². The maximum atomic E-state index is 14.1. The maximum Gasteiger partial charge on any atom is 0.462 e. The molecule has 0 spiro atoms. The second kappa shape index (κ2) is 16.2. The first kappa shape index (κ1) is 45.1. The SMILES string of the molecule is OCCOC(CSC(F)(F)C(F)OC(F)(F)C(F)(F)C(F)(F)F)C(CSC(F)(F)C(F)OC(F)(F)C(F)(F)C(F)(F)F)OCCO. The summed E-state index contributed by atoms with van der Waals surface area (Å²) >= 11 is -2.62. The zero-order valence-corrected chi connectivity index (χ0v) is 23.1. The largest absolute Gasteiger partial charge is 0.462 e. The van der Waals surface area contributed by atoms with Gasteiger partial charge in [0.05, 0.1) is 38.6 Å². The van der Waals surface area contributed by atoms with Crippen LogP contribution in [0.25, 0.3) is 0 Å². The predicted molar refractivity (Wildman–Crippen MR) is 112 cm³/mol. The van der Waals surface area contributed by atoms with Crippen molar-refractivity contribution in [1.82, 2.24) is 0 Å². The van der Waals surface area contributed by atoms with Gasteiger partial charge in [-0.05, 0) is 0 Å². The third-order valence-electron chi connectivity index (χ3n) is 4.62. The van der Waals surface area contributed by atoms with Gasteiger partial charge in [-0.1, -0.05) is 23.5 Å². The molecule has 6 nitrogen and oxygen atoms in total. The van der Waals surface area contributed by atoms with E-state index in [4.69, 9.17) is 19.7 Å². The zero-order valence-electron chi connectivity index (χ0n) is 21.5. The molecule has 0 aliphatic rings. The lowest BCUT2D eigenvalue weighted by Crippen LogP contribution is -2.55. The van der Waals surface area contributed by atoms with E-state index >= 15 is 0 Å². The highest BCUT2D eigenvalue weighted by atomic mass is 32.2. The van der Waals surface area contributed by atoms with Crippen molar-refractivity contribution in [2.75, 3.05) is 37.9 Å². The van der Waals surface area contributed by atoms with Crippen LogP contribution in [-0.2, 0) is 18.9 Å². The van der Waals surface area contributed by atoms with E-state index in [1.54, 1.807) is 0 Å². The van der Waals surface area contributed by atoms with Crippen LogP contribution in [0.2, 0.25) is 0 Å². The van der Waals surface area contributed by atoms with Crippen molar-refractivity contribution in [3.63, 3.8) is 0 Å². The van der Waals surface area contributed by atoms with Crippen molar-refractivity contribution in [1.29, 1.82) is 0 Å². The molecule has 46 heavy (non-hydrogen) atoms. The van der Waals surface area contributed by atoms with Gasteiger partial charge in [0.1, 0.15) is 0 Å². The summed E-state index contributed by atoms with van der Waals surface area (Å²) in [6, 6.07) is 0. The molecule has 4 atom stereocenters. The van der Waals surface area contributed by atoms with Crippen molar-refractivity contribution in [2.45, 2.75) is 71.8 Å². The van der Waals surface area contributed by atoms with Gasteiger partial charge >= 0.3 is 46.9 Å². The van der Waals surface area contributed by atoms with E-state index in [9.17, 15) is 87.8 Å². The van der Waals surface area contributed by atoms with Crippen LogP contribution in [0.3, 0.4) is 0 Å². The Morgan fingerprint density at radius 3 is 0.957 bits per heavy atom. The van der Waals surface area contributed by atoms with Gasteiger partial charge in [0.15, 0.2) is 0 Å². The summed E-state index contributed by atoms with van der Waals surface area (Å²) < 4.78 is 275. The topological polar surface area (TPSA) is 77.4 Å². The molecule has 0 aliphatic heterocycles. The second-order valence-electron chi connectivity index (χ2n) is 8.06. The number of ether oxygens (including phenoxy) is 4. The minimum Gasteiger partial charge on any atom is -0.394 e. The fourth-order valence-electron chi connectivity index (χ4n) is 2.33. The monoisotopic (exact) mass is 774 g/mol. The van der Waals surface area contributed by atoms with E-state index in [0.717, 1.165) is 0 Å². The first-order chi connectivity index (χ1) is 20.3. The quantitative estimate of drug-likeness (QED) is 0.127. The molecule has 0 heterocycles. The van der Waals surface area contributed by atoms with Gasteiger partial charge in [0.25, 0.3) is 12.7 Å². The Morgan fingerprint density at radius 2 is 0.739 bits per heavy atom. The van der Waals surface area contributed by atoms with Crippen LogP contribution in [-0.4, -0.2) is 120 Å². The molecule has 0 aromatic rings. The molecule has 4 unspecified atom stereocenters. The van der Waals surface area contributed by atoms with E-state index in [1.165, 1.54) is 0 Å². The number of aliphatic hydroxyl groups excluding tert-OH is 2. The van der Waals surface area contributed by atoms with Crippen LogP contribution in [0.4, 0.5) is 87.8 Å². The number of rotatable bonds is 21. The van der Waals surface area contributed by atoms with Crippen molar-refractivity contribution < 1.29 is 117 Å². The highest BCUT2D eigenvalue weighted by Gasteiger charge is 2.77. The van der Waals surface area contributed by atoms with Crippen LogP contribution >= 0.6 is 23.5 Å². The minimum absolute atomic E-state index is 1.00. The molecule has 0 aromatic carbocycles. The lowest BCUT2D eigenvalue weighted by atomic mass is 10.2. The van der Waals surface area contributed by atoms with Crippen LogP contribution in [0.1, 0.15) is 0 Å². The Bertz CT molecular complexity index is 849. The van der Waals surface area contributed by atoms with Gasteiger partial charge in [-0.3, -0.25) is 9.47 Å². The molecule has 278 valence electrons. The molecule has 0 saturated carbocycles. The standard InChI is InChI=1S/C18H18F20O6S2/c19-9(43-17(35,36)13(25,26)15(29,30)31)11(21,22)45-5-7(41-3-1-39)8(42-4-2-40)6-46-12(23,24)10(20)44-18(37,38)14(27,28)16(32,33)34/h7-10,39-40H,1-6H2. The number of aliphatic hydroxyl groups is 2. The average molecular weight is 774 g/mol. The molecule has 0 amide bonds. The van der Waals surface area contributed by atoms with E-state index in [-0.39, 0.29) is 0 Å². The Kier molecular flexibility index (Phi) is 15.8. The molecular formula is C18H18F20O6S2. The van der Waals surface area contributed by atoms with E-state index in [1.807, 2.05) is 0 Å². The summed E-state index contributed by atoms with van der Waals surface area (Å²) in [4.78, 5) is 0. The number of thioether (sulfide) groups is 2. The Labute approximate surface area is 251 Å². The highest BCUT2D eigenvalue weighted by molar-refractivity contribution is 8.00. The maximum absolute atomic E-state index is 14.1. The Morgan fingerprint density at radius 1 is 0.478 bits per heavy atom. The average Bonchev–Trinajstić information content (AvgIpc) is 2.87. The van der Waals surface area contributed by atoms with Gasteiger partial charge in [-0.2, -0.15) is 79.0 Å². The van der Waals surface area contributed by atoms with Crippen molar-refractivity contribution >= 4 is 23.5 Å². The van der Waals surface area contributed by atoms with E-state index in [0.29, 0.717) is 0 Å². The van der Waals surface area contributed by atoms with Gasteiger partial charge in [0, 0.05) is 11.5 Å². The van der Waals surface area contributed by atoms with Gasteiger partial charge in [-0.15, -0.1) is 0 Å². The molecule has 2 N–H and O–H groups in total. The first-order valence-electron chi connectivity index (χ1n) is 11.1. The number of alkyl halides is 20. The van der Waals surface area contributed by atoms with Crippen molar-refractivity contribution in [3.05, 3.63) is 0 Å². The number of halogens is 20. The van der Waals surface area contributed by atoms with Crippen LogP contribution in [0, 0.1) is 0 Å². The molecule has 0 rings (SSSR count). The summed E-state index contributed by atoms with van der Waals surface area (Å²) in [7, 11) is 0. The van der Waals surface area contributed by atoms with Gasteiger partial charge in [-0.25, -0.2) is 8.78 Å². The first-order valence-corrected chi connectivity index (χ1v) is 13.1. The minimum atomic E-state index is -7.21.